The third-order valence-corrected chi connectivity index (χ3v) is 3.35. The second-order valence-corrected chi connectivity index (χ2v) is 5.18. The first-order valence-corrected chi connectivity index (χ1v) is 6.69. The predicted molar refractivity (Wildman–Crippen MR) is 63.2 cm³/mol. The molecule has 2 aliphatic carbocycles. The number of nitrogens with zero attached hydrogens (tertiary/aromatic N) is 1. The van der Waals surface area contributed by atoms with Crippen molar-refractivity contribution < 1.29 is 9.53 Å². The van der Waals surface area contributed by atoms with Crippen LogP contribution in [0.4, 0.5) is 0 Å². The summed E-state index contributed by atoms with van der Waals surface area (Å²) in [5, 5.41) is 0. The molecule has 0 aromatic carbocycles. The van der Waals surface area contributed by atoms with E-state index in [1.54, 1.807) is 0 Å². The Hall–Kier alpha value is -0.570. The highest BCUT2D eigenvalue weighted by atomic mass is 16.5. The number of ether oxygens (including phenoxy) is 1. The van der Waals surface area contributed by atoms with Crippen LogP contribution in [-0.4, -0.2) is 36.6 Å². The predicted octanol–water partition coefficient (Wildman–Crippen LogP) is 2.20. The molecule has 0 atom stereocenters. The first-order valence-electron chi connectivity index (χ1n) is 6.69. The number of hydrogen-bond acceptors (Lipinski definition) is 3. The summed E-state index contributed by atoms with van der Waals surface area (Å²) in [7, 11) is 0. The van der Waals surface area contributed by atoms with Crippen molar-refractivity contribution in [2.24, 2.45) is 5.92 Å². The van der Waals surface area contributed by atoms with Crippen molar-refractivity contribution in [2.75, 3.05) is 19.7 Å². The maximum atomic E-state index is 11.6. The van der Waals surface area contributed by atoms with E-state index < -0.39 is 0 Å². The van der Waals surface area contributed by atoms with E-state index in [1.165, 1.54) is 25.7 Å². The zero-order chi connectivity index (χ0) is 11.4. The summed E-state index contributed by atoms with van der Waals surface area (Å²) in [4.78, 5) is 13.9. The topological polar surface area (TPSA) is 29.5 Å². The molecule has 0 unspecified atom stereocenters. The largest absolute Gasteiger partial charge is 0.465 e. The molecule has 0 spiro atoms. The van der Waals surface area contributed by atoms with E-state index in [0.29, 0.717) is 19.2 Å². The molecule has 0 amide bonds. The number of unbranched alkanes of at least 4 members (excludes halogenated alkanes) is 1. The van der Waals surface area contributed by atoms with Crippen molar-refractivity contribution >= 4 is 5.97 Å². The van der Waals surface area contributed by atoms with E-state index in [2.05, 4.69) is 11.8 Å². The first kappa shape index (κ1) is 11.9. The van der Waals surface area contributed by atoms with E-state index in [0.717, 1.165) is 25.3 Å². The van der Waals surface area contributed by atoms with E-state index >= 15 is 0 Å². The zero-order valence-corrected chi connectivity index (χ0v) is 10.3. The Labute approximate surface area is 98.1 Å². The minimum absolute atomic E-state index is 0.0269. The molecular formula is C13H23NO2. The number of carbonyl (C=O) groups is 1. The average molecular weight is 225 g/mol. The molecule has 0 heterocycles. The Morgan fingerprint density at radius 2 is 2.06 bits per heavy atom. The van der Waals surface area contributed by atoms with Crippen molar-refractivity contribution in [2.45, 2.75) is 51.5 Å². The van der Waals surface area contributed by atoms with Crippen LogP contribution in [0.25, 0.3) is 0 Å². The molecule has 0 saturated heterocycles. The highest BCUT2D eigenvalue weighted by Gasteiger charge is 2.34. The van der Waals surface area contributed by atoms with Gasteiger partial charge in [0.2, 0.25) is 0 Å². The molecule has 16 heavy (non-hydrogen) atoms. The van der Waals surface area contributed by atoms with Crippen molar-refractivity contribution in [3.8, 4) is 0 Å². The van der Waals surface area contributed by atoms with Gasteiger partial charge in [0.1, 0.15) is 0 Å². The van der Waals surface area contributed by atoms with Crippen LogP contribution in [-0.2, 0) is 9.53 Å². The number of hydrogen-bond donors (Lipinski definition) is 0. The van der Waals surface area contributed by atoms with Crippen molar-refractivity contribution in [3.63, 3.8) is 0 Å². The van der Waals surface area contributed by atoms with Crippen LogP contribution in [0.1, 0.15) is 45.4 Å². The Kier molecular flexibility index (Phi) is 4.22. The van der Waals surface area contributed by atoms with Gasteiger partial charge in [0.05, 0.1) is 13.2 Å². The van der Waals surface area contributed by atoms with Crippen LogP contribution < -0.4 is 0 Å². The van der Waals surface area contributed by atoms with Gasteiger partial charge >= 0.3 is 5.97 Å². The normalized spacial score (nSPS) is 20.1. The standard InChI is InChI=1S/C13H23NO2/c1-2-3-8-16-13(15)10-14(12-6-7-12)9-11-4-5-11/h11-12H,2-10H2,1H3. The Bertz CT molecular complexity index is 234. The van der Waals surface area contributed by atoms with Gasteiger partial charge in [0.15, 0.2) is 0 Å². The third kappa shape index (κ3) is 4.12. The van der Waals surface area contributed by atoms with Crippen molar-refractivity contribution in [3.05, 3.63) is 0 Å². The molecule has 0 N–H and O–H groups in total. The molecule has 2 rings (SSSR count). The number of carbonyl (C=O) groups excluding carboxylic acids is 1. The Balaban J connectivity index is 1.65. The zero-order valence-electron chi connectivity index (χ0n) is 10.3. The third-order valence-electron chi connectivity index (χ3n) is 3.35. The molecule has 0 radical (unpaired) electrons. The molecule has 3 nitrogen and oxygen atoms in total. The minimum atomic E-state index is -0.0269. The summed E-state index contributed by atoms with van der Waals surface area (Å²) in [5.41, 5.74) is 0. The lowest BCUT2D eigenvalue weighted by Gasteiger charge is -2.20. The Morgan fingerprint density at radius 1 is 1.31 bits per heavy atom. The van der Waals surface area contributed by atoms with E-state index in [-0.39, 0.29) is 5.97 Å². The summed E-state index contributed by atoms with van der Waals surface area (Å²) >= 11 is 0. The summed E-state index contributed by atoms with van der Waals surface area (Å²) in [6.45, 7) is 4.34. The monoisotopic (exact) mass is 225 g/mol. The van der Waals surface area contributed by atoms with Crippen LogP contribution in [0.15, 0.2) is 0 Å². The SMILES string of the molecule is CCCCOC(=O)CN(CC1CC1)C1CC1. The molecule has 0 aromatic heterocycles. The summed E-state index contributed by atoms with van der Waals surface area (Å²) in [5.74, 6) is 0.838. The fourth-order valence-corrected chi connectivity index (χ4v) is 1.96. The van der Waals surface area contributed by atoms with Crippen molar-refractivity contribution in [1.82, 2.24) is 4.90 Å². The molecular weight excluding hydrogens is 202 g/mol. The Morgan fingerprint density at radius 3 is 2.62 bits per heavy atom. The van der Waals surface area contributed by atoms with Crippen LogP contribution in [0.5, 0.6) is 0 Å². The molecule has 0 aromatic rings. The summed E-state index contributed by atoms with van der Waals surface area (Å²) < 4.78 is 5.21. The molecule has 3 heteroatoms. The average Bonchev–Trinajstić information content (AvgIpc) is 3.11. The van der Waals surface area contributed by atoms with Gasteiger partial charge in [-0.2, -0.15) is 0 Å². The van der Waals surface area contributed by atoms with Gasteiger partial charge in [-0.1, -0.05) is 13.3 Å². The molecule has 2 fully saturated rings. The molecule has 0 bridgehead atoms. The lowest BCUT2D eigenvalue weighted by molar-refractivity contribution is -0.145. The fraction of sp³-hybridized carbons (Fsp3) is 0.923. The molecule has 92 valence electrons. The van der Waals surface area contributed by atoms with Gasteiger partial charge < -0.3 is 4.74 Å². The van der Waals surface area contributed by atoms with Crippen LogP contribution in [0.3, 0.4) is 0 Å². The molecule has 2 saturated carbocycles. The first-order chi connectivity index (χ1) is 7.79. The highest BCUT2D eigenvalue weighted by molar-refractivity contribution is 5.71. The maximum absolute atomic E-state index is 11.6. The summed E-state index contributed by atoms with van der Waals surface area (Å²) in [6, 6.07) is 0.680. The van der Waals surface area contributed by atoms with Crippen LogP contribution in [0, 0.1) is 5.92 Å². The fourth-order valence-electron chi connectivity index (χ4n) is 1.96. The van der Waals surface area contributed by atoms with Gasteiger partial charge in [0.25, 0.3) is 0 Å². The van der Waals surface area contributed by atoms with E-state index in [4.69, 9.17) is 4.74 Å². The van der Waals surface area contributed by atoms with E-state index in [1.807, 2.05) is 0 Å². The maximum Gasteiger partial charge on any atom is 0.320 e. The van der Waals surface area contributed by atoms with Gasteiger partial charge in [-0.25, -0.2) is 0 Å². The molecule has 2 aliphatic rings. The van der Waals surface area contributed by atoms with Gasteiger partial charge in [-0.05, 0) is 38.0 Å². The minimum Gasteiger partial charge on any atom is -0.465 e. The van der Waals surface area contributed by atoms with E-state index in [9.17, 15) is 4.79 Å². The highest BCUT2D eigenvalue weighted by Crippen LogP contribution is 2.34. The number of rotatable bonds is 8. The summed E-state index contributed by atoms with van der Waals surface area (Å²) in [6.07, 6.45) is 7.33. The van der Waals surface area contributed by atoms with Gasteiger partial charge in [-0.15, -0.1) is 0 Å². The van der Waals surface area contributed by atoms with Gasteiger partial charge in [-0.3, -0.25) is 9.69 Å². The lowest BCUT2D eigenvalue weighted by Crippen LogP contribution is -2.34. The van der Waals surface area contributed by atoms with Crippen LogP contribution >= 0.6 is 0 Å². The van der Waals surface area contributed by atoms with Gasteiger partial charge in [0, 0.05) is 12.6 Å². The number of esters is 1. The van der Waals surface area contributed by atoms with Crippen molar-refractivity contribution in [1.29, 1.82) is 0 Å². The second-order valence-electron chi connectivity index (χ2n) is 5.18. The van der Waals surface area contributed by atoms with Crippen LogP contribution in [0.2, 0.25) is 0 Å². The quantitative estimate of drug-likeness (QED) is 0.468. The smallest absolute Gasteiger partial charge is 0.320 e. The molecule has 0 aliphatic heterocycles. The lowest BCUT2D eigenvalue weighted by atomic mass is 10.3. The second kappa shape index (κ2) is 5.67.